The molecule has 0 N–H and O–H groups in total. The number of hydrogen-bond donors (Lipinski definition) is 0. The molecule has 0 aromatic heterocycles. The molecule has 4 nitrogen and oxygen atoms in total. The van der Waals surface area contributed by atoms with E-state index in [1.165, 1.54) is 37.8 Å². The van der Waals surface area contributed by atoms with E-state index < -0.39 is 0 Å². The summed E-state index contributed by atoms with van der Waals surface area (Å²) in [4.78, 5) is 22.4. The Labute approximate surface area is 144 Å². The summed E-state index contributed by atoms with van der Waals surface area (Å²) in [6.07, 6.45) is 9.67. The number of esters is 2. The maximum absolute atomic E-state index is 11.2. The van der Waals surface area contributed by atoms with Crippen LogP contribution in [0.3, 0.4) is 0 Å². The minimum atomic E-state index is -0.321. The Balaban J connectivity index is 1.50. The fourth-order valence-electron chi connectivity index (χ4n) is 5.79. The molecular weight excluding hydrogens is 304 g/mol. The van der Waals surface area contributed by atoms with Gasteiger partial charge in [0.05, 0.1) is 13.2 Å². The van der Waals surface area contributed by atoms with Crippen molar-refractivity contribution < 1.29 is 19.1 Å². The Bertz CT molecular complexity index is 512. The smallest absolute Gasteiger partial charge is 0.330 e. The van der Waals surface area contributed by atoms with Crippen LogP contribution in [0.2, 0.25) is 0 Å². The summed E-state index contributed by atoms with van der Waals surface area (Å²) >= 11 is 0. The number of rotatable bonds is 8. The highest BCUT2D eigenvalue weighted by Gasteiger charge is 2.56. The molecule has 4 heteroatoms. The summed E-state index contributed by atoms with van der Waals surface area (Å²) in [5.74, 6) is 4.02. The zero-order valence-corrected chi connectivity index (χ0v) is 14.3. The van der Waals surface area contributed by atoms with Gasteiger partial charge in [0, 0.05) is 12.2 Å². The van der Waals surface area contributed by atoms with Crippen LogP contribution in [0.1, 0.15) is 38.5 Å². The van der Waals surface area contributed by atoms with Gasteiger partial charge in [-0.05, 0) is 74.0 Å². The predicted octanol–water partition coefficient (Wildman–Crippen LogP) is 3.52. The second kappa shape index (κ2) is 7.54. The largest absolute Gasteiger partial charge is 0.463 e. The standard InChI is InChI=1S/C20H28O4/c1-3-18(21)23-9-7-13-5-6-16-15-11-14(17(12-15)20(13)16)8-10-24-19(22)4-2/h3-4,13-17,20H,1-2,5-12H2. The molecule has 3 aliphatic carbocycles. The van der Waals surface area contributed by atoms with Crippen LogP contribution in [0.15, 0.2) is 25.3 Å². The Morgan fingerprint density at radius 3 is 2.12 bits per heavy atom. The van der Waals surface area contributed by atoms with Gasteiger partial charge in [0.25, 0.3) is 0 Å². The van der Waals surface area contributed by atoms with Crippen LogP contribution in [-0.2, 0) is 19.1 Å². The van der Waals surface area contributed by atoms with Crippen LogP contribution in [0.5, 0.6) is 0 Å². The van der Waals surface area contributed by atoms with Crippen LogP contribution < -0.4 is 0 Å². The lowest BCUT2D eigenvalue weighted by molar-refractivity contribution is -0.139. The first-order valence-electron chi connectivity index (χ1n) is 9.22. The van der Waals surface area contributed by atoms with Crippen LogP contribution in [0.25, 0.3) is 0 Å². The van der Waals surface area contributed by atoms with E-state index >= 15 is 0 Å². The molecule has 24 heavy (non-hydrogen) atoms. The monoisotopic (exact) mass is 332 g/mol. The molecule has 0 heterocycles. The predicted molar refractivity (Wildman–Crippen MR) is 91.0 cm³/mol. The van der Waals surface area contributed by atoms with Gasteiger partial charge in [0.1, 0.15) is 0 Å². The Hall–Kier alpha value is -1.58. The van der Waals surface area contributed by atoms with Gasteiger partial charge in [-0.2, -0.15) is 0 Å². The average molecular weight is 332 g/mol. The van der Waals surface area contributed by atoms with Crippen LogP contribution in [0.4, 0.5) is 0 Å². The van der Waals surface area contributed by atoms with Crippen molar-refractivity contribution in [2.45, 2.75) is 38.5 Å². The maximum atomic E-state index is 11.2. The molecule has 0 aromatic carbocycles. The summed E-state index contributed by atoms with van der Waals surface area (Å²) in [7, 11) is 0. The lowest BCUT2D eigenvalue weighted by Gasteiger charge is -2.34. The number of carbonyl (C=O) groups is 2. The summed E-state index contributed by atoms with van der Waals surface area (Å²) < 4.78 is 10.4. The molecule has 132 valence electrons. The van der Waals surface area contributed by atoms with Gasteiger partial charge in [0.2, 0.25) is 0 Å². The first-order valence-corrected chi connectivity index (χ1v) is 9.22. The summed E-state index contributed by atoms with van der Waals surface area (Å²) in [6, 6.07) is 0. The zero-order valence-electron chi connectivity index (χ0n) is 14.3. The molecule has 2 bridgehead atoms. The second-order valence-corrected chi connectivity index (χ2v) is 7.55. The van der Waals surface area contributed by atoms with E-state index in [1.54, 1.807) is 0 Å². The van der Waals surface area contributed by atoms with E-state index in [0.29, 0.717) is 25.0 Å². The van der Waals surface area contributed by atoms with Crippen LogP contribution >= 0.6 is 0 Å². The van der Waals surface area contributed by atoms with E-state index in [4.69, 9.17) is 9.47 Å². The zero-order chi connectivity index (χ0) is 17.1. The molecular formula is C20H28O4. The van der Waals surface area contributed by atoms with Gasteiger partial charge in [0.15, 0.2) is 0 Å². The molecule has 0 amide bonds. The van der Waals surface area contributed by atoms with E-state index in [9.17, 15) is 9.59 Å². The molecule has 0 aromatic rings. The molecule has 0 aliphatic heterocycles. The molecule has 0 radical (unpaired) electrons. The topological polar surface area (TPSA) is 52.6 Å². The van der Waals surface area contributed by atoms with E-state index in [0.717, 1.165) is 36.5 Å². The van der Waals surface area contributed by atoms with Crippen molar-refractivity contribution in [2.75, 3.05) is 13.2 Å². The van der Waals surface area contributed by atoms with E-state index in [2.05, 4.69) is 13.2 Å². The number of carbonyl (C=O) groups excluding carboxylic acids is 2. The second-order valence-electron chi connectivity index (χ2n) is 7.55. The van der Waals surface area contributed by atoms with Gasteiger partial charge in [-0.3, -0.25) is 0 Å². The lowest BCUT2D eigenvalue weighted by Crippen LogP contribution is -2.29. The van der Waals surface area contributed by atoms with Gasteiger partial charge < -0.3 is 9.47 Å². The van der Waals surface area contributed by atoms with Crippen LogP contribution in [-0.4, -0.2) is 25.2 Å². The minimum Gasteiger partial charge on any atom is -0.463 e. The molecule has 3 saturated carbocycles. The highest BCUT2D eigenvalue weighted by molar-refractivity contribution is 5.81. The third-order valence-corrected chi connectivity index (χ3v) is 6.59. The van der Waals surface area contributed by atoms with Crippen molar-refractivity contribution in [3.63, 3.8) is 0 Å². The van der Waals surface area contributed by atoms with Crippen molar-refractivity contribution in [3.8, 4) is 0 Å². The summed E-state index contributed by atoms with van der Waals surface area (Å²) in [5.41, 5.74) is 0. The highest BCUT2D eigenvalue weighted by Crippen LogP contribution is 2.63. The Morgan fingerprint density at radius 2 is 1.50 bits per heavy atom. The van der Waals surface area contributed by atoms with Gasteiger partial charge in [-0.25, -0.2) is 9.59 Å². The van der Waals surface area contributed by atoms with Gasteiger partial charge >= 0.3 is 11.9 Å². The minimum absolute atomic E-state index is 0.320. The first-order chi connectivity index (χ1) is 11.6. The maximum Gasteiger partial charge on any atom is 0.330 e. The first kappa shape index (κ1) is 17.2. The highest BCUT2D eigenvalue weighted by atomic mass is 16.5. The Kier molecular flexibility index (Phi) is 5.42. The van der Waals surface area contributed by atoms with Gasteiger partial charge in [-0.15, -0.1) is 0 Å². The number of hydrogen-bond acceptors (Lipinski definition) is 4. The molecule has 3 aliphatic rings. The average Bonchev–Trinajstić information content (AvgIpc) is 3.27. The van der Waals surface area contributed by atoms with Crippen molar-refractivity contribution in [1.29, 1.82) is 0 Å². The fraction of sp³-hybridized carbons (Fsp3) is 0.700. The van der Waals surface area contributed by atoms with Crippen molar-refractivity contribution in [2.24, 2.45) is 35.5 Å². The van der Waals surface area contributed by atoms with Crippen molar-refractivity contribution >= 4 is 11.9 Å². The normalized spacial score (nSPS) is 36.2. The molecule has 3 fully saturated rings. The number of fused-ring (bicyclic) bond motifs is 5. The quantitative estimate of drug-likeness (QED) is 0.504. The summed E-state index contributed by atoms with van der Waals surface area (Å²) in [5, 5.41) is 0. The number of ether oxygens (including phenoxy) is 2. The third-order valence-electron chi connectivity index (χ3n) is 6.59. The lowest BCUT2D eigenvalue weighted by atomic mass is 9.71. The molecule has 6 unspecified atom stereocenters. The van der Waals surface area contributed by atoms with E-state index in [-0.39, 0.29) is 11.9 Å². The van der Waals surface area contributed by atoms with Gasteiger partial charge in [-0.1, -0.05) is 13.2 Å². The third kappa shape index (κ3) is 3.42. The van der Waals surface area contributed by atoms with E-state index in [1.807, 2.05) is 0 Å². The molecule has 6 atom stereocenters. The van der Waals surface area contributed by atoms with Crippen molar-refractivity contribution in [1.82, 2.24) is 0 Å². The van der Waals surface area contributed by atoms with Crippen LogP contribution in [0, 0.1) is 35.5 Å². The molecule has 0 spiro atoms. The SMILES string of the molecule is C=CC(=O)OCCC1CC2CC1C1C(CCOC(=O)C=C)CCC21. The summed E-state index contributed by atoms with van der Waals surface area (Å²) in [6.45, 7) is 7.89. The molecule has 0 saturated heterocycles. The Morgan fingerprint density at radius 1 is 0.875 bits per heavy atom. The fourth-order valence-corrected chi connectivity index (χ4v) is 5.79. The molecule has 3 rings (SSSR count). The van der Waals surface area contributed by atoms with Crippen molar-refractivity contribution in [3.05, 3.63) is 25.3 Å².